The molecule has 1 aliphatic rings. The van der Waals surface area contributed by atoms with Crippen molar-refractivity contribution in [2.75, 3.05) is 4.90 Å². The molecule has 27 heavy (non-hydrogen) atoms. The number of carboxylic acids is 1. The number of hydrogen-bond acceptors (Lipinski definition) is 5. The van der Waals surface area contributed by atoms with Crippen LogP contribution in [0.15, 0.2) is 53.4 Å². The van der Waals surface area contributed by atoms with Crippen LogP contribution in [0.1, 0.15) is 18.1 Å². The number of hydrogen-bond donors (Lipinski definition) is 1. The maximum absolute atomic E-state index is 12.8. The number of nitrogens with zero attached hydrogens (tertiary/aromatic N) is 1. The van der Waals surface area contributed by atoms with E-state index < -0.39 is 12.1 Å². The van der Waals surface area contributed by atoms with E-state index in [2.05, 4.69) is 0 Å². The zero-order chi connectivity index (χ0) is 19.6. The predicted molar refractivity (Wildman–Crippen MR) is 111 cm³/mol. The molecule has 5 nitrogen and oxygen atoms in total. The van der Waals surface area contributed by atoms with Gasteiger partial charge < -0.3 is 9.84 Å². The van der Waals surface area contributed by atoms with Gasteiger partial charge in [0.25, 0.3) is 5.91 Å². The zero-order valence-corrected chi connectivity index (χ0v) is 16.3. The summed E-state index contributed by atoms with van der Waals surface area (Å²) in [5.74, 6) is -0.729. The molecule has 3 rings (SSSR count). The molecule has 0 aromatic heterocycles. The Morgan fingerprint density at radius 2 is 1.89 bits per heavy atom. The van der Waals surface area contributed by atoms with Crippen molar-refractivity contribution in [3.05, 3.63) is 64.6 Å². The average Bonchev–Trinajstić information content (AvgIpc) is 2.90. The summed E-state index contributed by atoms with van der Waals surface area (Å²) in [6, 6.07) is 14.5. The number of thioether (sulfide) groups is 1. The Bertz CT molecular complexity index is 937. The van der Waals surface area contributed by atoms with Crippen LogP contribution in [0, 0.1) is 6.92 Å². The van der Waals surface area contributed by atoms with E-state index in [0.29, 0.717) is 15.0 Å². The van der Waals surface area contributed by atoms with Crippen LogP contribution >= 0.6 is 24.0 Å². The second-order valence-corrected chi connectivity index (χ2v) is 7.65. The highest BCUT2D eigenvalue weighted by Crippen LogP contribution is 2.37. The molecule has 1 saturated heterocycles. The highest BCUT2D eigenvalue weighted by Gasteiger charge is 2.33. The van der Waals surface area contributed by atoms with Gasteiger partial charge in [0, 0.05) is 0 Å². The number of benzene rings is 2. The summed E-state index contributed by atoms with van der Waals surface area (Å²) in [5.41, 5.74) is 2.56. The van der Waals surface area contributed by atoms with E-state index in [4.69, 9.17) is 22.1 Å². The minimum Gasteiger partial charge on any atom is -0.479 e. The van der Waals surface area contributed by atoms with Crippen molar-refractivity contribution in [3.8, 4) is 5.75 Å². The third kappa shape index (κ3) is 4.20. The number of aliphatic carboxylic acids is 1. The van der Waals surface area contributed by atoms with Crippen molar-refractivity contribution in [3.63, 3.8) is 0 Å². The van der Waals surface area contributed by atoms with Gasteiger partial charge in [-0.05, 0) is 49.2 Å². The van der Waals surface area contributed by atoms with Crippen molar-refractivity contribution in [1.29, 1.82) is 0 Å². The molecule has 138 valence electrons. The van der Waals surface area contributed by atoms with Gasteiger partial charge in [0.2, 0.25) is 0 Å². The average molecular weight is 399 g/mol. The van der Waals surface area contributed by atoms with Gasteiger partial charge in [-0.15, -0.1) is 0 Å². The highest BCUT2D eigenvalue weighted by molar-refractivity contribution is 8.27. The summed E-state index contributed by atoms with van der Waals surface area (Å²) in [6.07, 6.45) is 0.836. The Morgan fingerprint density at radius 3 is 2.52 bits per heavy atom. The molecule has 0 bridgehead atoms. The minimum absolute atomic E-state index is 0.154. The van der Waals surface area contributed by atoms with Gasteiger partial charge >= 0.3 is 5.97 Å². The Hall–Kier alpha value is -2.64. The van der Waals surface area contributed by atoms with Crippen LogP contribution in [0.25, 0.3) is 6.08 Å². The van der Waals surface area contributed by atoms with Crippen LogP contribution < -0.4 is 9.64 Å². The number of amides is 1. The van der Waals surface area contributed by atoms with Crippen LogP contribution in [0.3, 0.4) is 0 Å². The third-order valence-electron chi connectivity index (χ3n) is 3.99. The lowest BCUT2D eigenvalue weighted by molar-refractivity contribution is -0.144. The smallest absolute Gasteiger partial charge is 0.344 e. The van der Waals surface area contributed by atoms with E-state index in [1.807, 2.05) is 31.2 Å². The van der Waals surface area contributed by atoms with Gasteiger partial charge in [-0.3, -0.25) is 9.69 Å². The molecule has 7 heteroatoms. The Balaban J connectivity index is 1.80. The van der Waals surface area contributed by atoms with Crippen LogP contribution in [-0.2, 0) is 9.59 Å². The summed E-state index contributed by atoms with van der Waals surface area (Å²) in [6.45, 7) is 3.40. The van der Waals surface area contributed by atoms with E-state index in [-0.39, 0.29) is 5.91 Å². The van der Waals surface area contributed by atoms with E-state index in [0.717, 1.165) is 16.8 Å². The van der Waals surface area contributed by atoms with Crippen LogP contribution in [0.2, 0.25) is 0 Å². The van der Waals surface area contributed by atoms with Crippen molar-refractivity contribution >= 4 is 51.9 Å². The fourth-order valence-electron chi connectivity index (χ4n) is 2.54. The van der Waals surface area contributed by atoms with Gasteiger partial charge in [0.15, 0.2) is 10.4 Å². The molecule has 1 N–H and O–H groups in total. The zero-order valence-electron chi connectivity index (χ0n) is 14.7. The van der Waals surface area contributed by atoms with E-state index in [1.165, 1.54) is 18.7 Å². The number of carbonyl (C=O) groups excluding carboxylic acids is 1. The molecule has 1 aliphatic heterocycles. The summed E-state index contributed by atoms with van der Waals surface area (Å²) < 4.78 is 5.80. The van der Waals surface area contributed by atoms with Crippen molar-refractivity contribution < 1.29 is 19.4 Å². The highest BCUT2D eigenvalue weighted by atomic mass is 32.2. The molecule has 0 radical (unpaired) electrons. The third-order valence-corrected chi connectivity index (χ3v) is 5.29. The van der Waals surface area contributed by atoms with Gasteiger partial charge in [-0.2, -0.15) is 0 Å². The number of thiocarbonyl (C=S) groups is 1. The quantitative estimate of drug-likeness (QED) is 0.599. The normalized spacial score (nSPS) is 16.7. The molecular formula is C20H17NO4S2. The number of para-hydroxylation sites is 1. The first-order chi connectivity index (χ1) is 12.9. The Morgan fingerprint density at radius 1 is 1.22 bits per heavy atom. The molecular weight excluding hydrogens is 382 g/mol. The monoisotopic (exact) mass is 399 g/mol. The fourth-order valence-corrected chi connectivity index (χ4v) is 3.82. The molecule has 2 aromatic rings. The minimum atomic E-state index is -1.03. The molecule has 1 unspecified atom stereocenters. The number of carboxylic acid groups (broad SMARTS) is 1. The topological polar surface area (TPSA) is 66.8 Å². The van der Waals surface area contributed by atoms with Gasteiger partial charge in [-0.1, -0.05) is 54.3 Å². The predicted octanol–water partition coefficient (Wildman–Crippen LogP) is 4.25. The fraction of sp³-hybridized carbons (Fsp3) is 0.150. The first kappa shape index (κ1) is 19.1. The van der Waals surface area contributed by atoms with Gasteiger partial charge in [-0.25, -0.2) is 4.79 Å². The van der Waals surface area contributed by atoms with Crippen molar-refractivity contribution in [2.45, 2.75) is 20.0 Å². The van der Waals surface area contributed by atoms with E-state index in [9.17, 15) is 9.59 Å². The Kier molecular flexibility index (Phi) is 5.62. The van der Waals surface area contributed by atoms with Gasteiger partial charge in [0.05, 0.1) is 10.6 Å². The lowest BCUT2D eigenvalue weighted by Gasteiger charge is -2.16. The maximum Gasteiger partial charge on any atom is 0.344 e. The molecule has 1 heterocycles. The number of ether oxygens (including phenoxy) is 1. The van der Waals surface area contributed by atoms with E-state index in [1.54, 1.807) is 35.2 Å². The first-order valence-corrected chi connectivity index (χ1v) is 9.42. The molecule has 0 aliphatic carbocycles. The number of rotatable bonds is 5. The molecule has 0 saturated carbocycles. The molecule has 2 aromatic carbocycles. The summed E-state index contributed by atoms with van der Waals surface area (Å²) in [7, 11) is 0. The van der Waals surface area contributed by atoms with E-state index >= 15 is 0 Å². The largest absolute Gasteiger partial charge is 0.479 e. The van der Waals surface area contributed by atoms with Crippen LogP contribution in [0.5, 0.6) is 5.75 Å². The number of carbonyl (C=O) groups is 2. The lowest BCUT2D eigenvalue weighted by atomic mass is 10.1. The maximum atomic E-state index is 12.8. The number of anilines is 1. The van der Waals surface area contributed by atoms with Crippen molar-refractivity contribution in [2.24, 2.45) is 0 Å². The Labute approximate surface area is 166 Å². The van der Waals surface area contributed by atoms with Crippen molar-refractivity contribution in [1.82, 2.24) is 0 Å². The SMILES string of the molecule is Cc1ccccc1N1C(=O)/C(=C\c2ccc(OC(C)C(=O)O)cc2)SC1=S. The second kappa shape index (κ2) is 7.94. The number of aryl methyl sites for hydroxylation is 1. The molecule has 1 atom stereocenters. The molecule has 0 spiro atoms. The standard InChI is InChI=1S/C20H17NO4S2/c1-12-5-3-4-6-16(12)21-18(22)17(27-20(21)26)11-14-7-9-15(10-8-14)25-13(2)19(23)24/h3-11,13H,1-2H3,(H,23,24)/b17-11+. The summed E-state index contributed by atoms with van der Waals surface area (Å²) >= 11 is 6.66. The van der Waals surface area contributed by atoms with Gasteiger partial charge in [0.1, 0.15) is 5.75 Å². The van der Waals surface area contributed by atoms with Crippen LogP contribution in [0.4, 0.5) is 5.69 Å². The molecule has 1 amide bonds. The first-order valence-electron chi connectivity index (χ1n) is 8.20. The summed E-state index contributed by atoms with van der Waals surface area (Å²) in [4.78, 5) is 25.8. The second-order valence-electron chi connectivity index (χ2n) is 5.97. The summed E-state index contributed by atoms with van der Waals surface area (Å²) in [5, 5.41) is 8.89. The molecule has 1 fully saturated rings. The lowest BCUT2D eigenvalue weighted by Crippen LogP contribution is -2.28. The van der Waals surface area contributed by atoms with Crippen LogP contribution in [-0.4, -0.2) is 27.4 Å².